The Hall–Kier alpha value is -3.40. The Morgan fingerprint density at radius 1 is 1.11 bits per heavy atom. The van der Waals surface area contributed by atoms with E-state index in [0.717, 1.165) is 48.2 Å². The summed E-state index contributed by atoms with van der Waals surface area (Å²) in [6.45, 7) is 2.26. The molecule has 0 spiro atoms. The number of hydrogen-bond donors (Lipinski definition) is 2. The smallest absolute Gasteiger partial charge is 0.257 e. The molecule has 1 amide bonds. The van der Waals surface area contributed by atoms with Gasteiger partial charge in [-0.15, -0.1) is 0 Å². The van der Waals surface area contributed by atoms with Gasteiger partial charge in [0.15, 0.2) is 17.3 Å². The lowest BCUT2D eigenvalue weighted by Gasteiger charge is -2.25. The zero-order valence-electron chi connectivity index (χ0n) is 19.5. The number of anilines is 1. The summed E-state index contributed by atoms with van der Waals surface area (Å²) < 4.78 is 46.0. The van der Waals surface area contributed by atoms with Crippen molar-refractivity contribution in [3.05, 3.63) is 63.7 Å². The molecule has 1 unspecified atom stereocenters. The van der Waals surface area contributed by atoms with Crippen molar-refractivity contribution < 1.29 is 23.1 Å². The SMILES string of the molecule is C[C@@H]1CN(c2nc3c(cc2F)c(=O)c(C(=O)NC2CC4CC2C4)cn3-c2c(F)cccc2F)C[C@H]1O. The van der Waals surface area contributed by atoms with Crippen LogP contribution in [0.4, 0.5) is 19.0 Å². The fourth-order valence-corrected chi connectivity index (χ4v) is 5.89. The Morgan fingerprint density at radius 3 is 2.44 bits per heavy atom. The molecule has 3 heterocycles. The number of aliphatic hydroxyl groups is 1. The van der Waals surface area contributed by atoms with E-state index in [2.05, 4.69) is 10.3 Å². The Balaban J connectivity index is 1.53. The number of carbonyl (C=O) groups is 1. The lowest BCUT2D eigenvalue weighted by molar-refractivity contribution is 0.0927. The zero-order valence-corrected chi connectivity index (χ0v) is 19.5. The fraction of sp³-hybridized carbons (Fsp3) is 0.423. The molecule has 2 N–H and O–H groups in total. The molecule has 188 valence electrons. The summed E-state index contributed by atoms with van der Waals surface area (Å²) >= 11 is 0. The number of halogens is 3. The largest absolute Gasteiger partial charge is 0.391 e. The highest BCUT2D eigenvalue weighted by atomic mass is 19.1. The van der Waals surface area contributed by atoms with Gasteiger partial charge in [-0.05, 0) is 49.3 Å². The van der Waals surface area contributed by atoms with Gasteiger partial charge in [0.25, 0.3) is 5.91 Å². The van der Waals surface area contributed by atoms with Crippen molar-refractivity contribution in [2.45, 2.75) is 38.3 Å². The molecule has 3 saturated carbocycles. The van der Waals surface area contributed by atoms with E-state index in [0.29, 0.717) is 18.4 Å². The molecule has 0 radical (unpaired) electrons. The van der Waals surface area contributed by atoms with Gasteiger partial charge in [0, 0.05) is 31.2 Å². The third-order valence-corrected chi connectivity index (χ3v) is 7.95. The number of rotatable bonds is 4. The van der Waals surface area contributed by atoms with Crippen LogP contribution in [-0.4, -0.2) is 45.8 Å². The summed E-state index contributed by atoms with van der Waals surface area (Å²) in [4.78, 5) is 32.3. The van der Waals surface area contributed by atoms with E-state index in [4.69, 9.17) is 0 Å². The number of aliphatic hydroxyl groups excluding tert-OH is 1. The Morgan fingerprint density at radius 2 is 1.83 bits per heavy atom. The second kappa shape index (κ2) is 8.33. The van der Waals surface area contributed by atoms with E-state index in [9.17, 15) is 23.5 Å². The molecule has 3 atom stereocenters. The van der Waals surface area contributed by atoms with Crippen molar-refractivity contribution in [3.63, 3.8) is 0 Å². The Kier molecular flexibility index (Phi) is 5.33. The summed E-state index contributed by atoms with van der Waals surface area (Å²) in [6, 6.07) is 4.20. The van der Waals surface area contributed by atoms with Crippen molar-refractivity contribution in [1.29, 1.82) is 0 Å². The first-order valence-electron chi connectivity index (χ1n) is 12.2. The van der Waals surface area contributed by atoms with Gasteiger partial charge in [0.2, 0.25) is 5.43 Å². The summed E-state index contributed by atoms with van der Waals surface area (Å²) in [5.74, 6) is -2.68. The summed E-state index contributed by atoms with van der Waals surface area (Å²) in [5, 5.41) is 12.8. The van der Waals surface area contributed by atoms with Gasteiger partial charge in [-0.2, -0.15) is 0 Å². The summed E-state index contributed by atoms with van der Waals surface area (Å²) in [6.07, 6.45) is 3.29. The van der Waals surface area contributed by atoms with Crippen molar-refractivity contribution in [2.75, 3.05) is 18.0 Å². The lowest BCUT2D eigenvalue weighted by Crippen LogP contribution is -2.39. The number of amides is 1. The molecule has 36 heavy (non-hydrogen) atoms. The highest BCUT2D eigenvalue weighted by Crippen LogP contribution is 2.48. The molecule has 2 bridgehead atoms. The normalized spacial score (nSPS) is 26.9. The van der Waals surface area contributed by atoms with Gasteiger partial charge >= 0.3 is 0 Å². The number of hydrogen-bond acceptors (Lipinski definition) is 5. The monoisotopic (exact) mass is 498 g/mol. The quantitative estimate of drug-likeness (QED) is 0.577. The van der Waals surface area contributed by atoms with Crippen LogP contribution in [0.25, 0.3) is 16.7 Å². The highest BCUT2D eigenvalue weighted by molar-refractivity contribution is 5.97. The van der Waals surface area contributed by atoms with Gasteiger partial charge in [-0.3, -0.25) is 14.2 Å². The number of aromatic nitrogens is 2. The number of nitrogens with one attached hydrogen (secondary N) is 1. The van der Waals surface area contributed by atoms with Crippen LogP contribution in [0, 0.1) is 35.2 Å². The van der Waals surface area contributed by atoms with Crippen molar-refractivity contribution in [3.8, 4) is 5.69 Å². The number of nitrogens with zero attached hydrogens (tertiary/aromatic N) is 3. The first-order chi connectivity index (χ1) is 17.2. The maximum atomic E-state index is 15.2. The average molecular weight is 499 g/mol. The van der Waals surface area contributed by atoms with E-state index in [-0.39, 0.29) is 40.9 Å². The Labute approximate surface area is 204 Å². The third-order valence-electron chi connectivity index (χ3n) is 7.95. The summed E-state index contributed by atoms with van der Waals surface area (Å²) in [5.41, 5.74) is -1.82. The molecule has 1 aliphatic heterocycles. The second-order valence-electron chi connectivity index (χ2n) is 10.3. The van der Waals surface area contributed by atoms with Crippen molar-refractivity contribution in [2.24, 2.45) is 17.8 Å². The third kappa shape index (κ3) is 3.57. The molecule has 10 heteroatoms. The second-order valence-corrected chi connectivity index (χ2v) is 10.3. The number of pyridine rings is 2. The zero-order chi connectivity index (χ0) is 25.3. The standard InChI is InChI=1S/C26H25F3N4O3/c1-12-9-32(11-21(12)34)25-19(29)8-15-23(35)16(26(36)30-20-7-13-5-14(20)6-13)10-33(24(15)31-25)22-17(27)3-2-4-18(22)28/h2-4,8,10,12-14,20-21,34H,5-7,9,11H2,1H3,(H,30,36)/t12-,13?,14?,20?,21-/m1/s1. The number of fused-ring (bicyclic) bond motifs is 2. The van der Waals surface area contributed by atoms with Crippen LogP contribution in [0.2, 0.25) is 0 Å². The average Bonchev–Trinajstić information content (AvgIpc) is 3.48. The van der Waals surface area contributed by atoms with Crippen molar-refractivity contribution >= 4 is 22.8 Å². The highest BCUT2D eigenvalue weighted by Gasteiger charge is 2.45. The maximum absolute atomic E-state index is 15.2. The molecular weight excluding hydrogens is 473 g/mol. The minimum Gasteiger partial charge on any atom is -0.391 e. The molecular formula is C26H25F3N4O3. The molecule has 7 nitrogen and oxygen atoms in total. The first kappa shape index (κ1) is 23.0. The molecule has 4 aliphatic rings. The Bertz CT molecular complexity index is 1420. The van der Waals surface area contributed by atoms with Crippen LogP contribution in [-0.2, 0) is 0 Å². The molecule has 3 aromatic rings. The number of para-hydroxylation sites is 1. The van der Waals surface area contributed by atoms with Crippen molar-refractivity contribution in [1.82, 2.24) is 14.9 Å². The number of carbonyl (C=O) groups excluding carboxylic acids is 1. The van der Waals surface area contributed by atoms with E-state index >= 15 is 4.39 Å². The van der Waals surface area contributed by atoms with Crippen LogP contribution in [0.3, 0.4) is 0 Å². The molecule has 7 rings (SSSR count). The van der Waals surface area contributed by atoms with Crippen LogP contribution in [0.1, 0.15) is 36.5 Å². The van der Waals surface area contributed by atoms with Gasteiger partial charge in [0.1, 0.15) is 22.9 Å². The van der Waals surface area contributed by atoms with Gasteiger partial charge in [-0.1, -0.05) is 13.0 Å². The minimum absolute atomic E-state index is 0.0583. The van der Waals surface area contributed by atoms with E-state index < -0.39 is 40.6 Å². The van der Waals surface area contributed by atoms with Crippen LogP contribution >= 0.6 is 0 Å². The molecule has 1 saturated heterocycles. The number of benzene rings is 1. The number of β-amino-alcohol motifs (C(OH)–C–C–N with tert-alkyl or cyclic N) is 1. The van der Waals surface area contributed by atoms with Crippen LogP contribution in [0.5, 0.6) is 0 Å². The van der Waals surface area contributed by atoms with Crippen LogP contribution < -0.4 is 15.6 Å². The predicted molar refractivity (Wildman–Crippen MR) is 127 cm³/mol. The molecule has 3 aliphatic carbocycles. The van der Waals surface area contributed by atoms with Gasteiger partial charge in [-0.25, -0.2) is 18.2 Å². The van der Waals surface area contributed by atoms with Gasteiger partial charge in [0.05, 0.1) is 11.5 Å². The lowest BCUT2D eigenvalue weighted by atomic mass is 9.84. The topological polar surface area (TPSA) is 87.5 Å². The molecule has 2 aromatic heterocycles. The van der Waals surface area contributed by atoms with Crippen LogP contribution in [0.15, 0.2) is 35.3 Å². The van der Waals surface area contributed by atoms with Gasteiger partial charge < -0.3 is 15.3 Å². The van der Waals surface area contributed by atoms with E-state index in [1.807, 2.05) is 6.92 Å². The van der Waals surface area contributed by atoms with E-state index in [1.54, 1.807) is 0 Å². The maximum Gasteiger partial charge on any atom is 0.257 e. The molecule has 1 aromatic carbocycles. The fourth-order valence-electron chi connectivity index (χ4n) is 5.89. The predicted octanol–water partition coefficient (Wildman–Crippen LogP) is 3.15. The first-order valence-corrected chi connectivity index (χ1v) is 12.2. The van der Waals surface area contributed by atoms with E-state index in [1.165, 1.54) is 11.0 Å². The minimum atomic E-state index is -0.930. The summed E-state index contributed by atoms with van der Waals surface area (Å²) in [7, 11) is 0. The molecule has 4 fully saturated rings.